The number of nitrogens with one attached hydrogen (secondary N) is 2. The molecule has 0 atom stereocenters. The molecule has 0 fully saturated rings. The van der Waals surface area contributed by atoms with Crippen molar-refractivity contribution in [1.82, 2.24) is 0 Å². The van der Waals surface area contributed by atoms with Crippen molar-refractivity contribution in [3.8, 4) is 5.75 Å². The molecular formula is C17H16Br2N2O4. The van der Waals surface area contributed by atoms with Gasteiger partial charge in [-0.1, -0.05) is 0 Å². The van der Waals surface area contributed by atoms with Crippen molar-refractivity contribution in [2.75, 3.05) is 24.4 Å². The van der Waals surface area contributed by atoms with Gasteiger partial charge in [-0.3, -0.25) is 10.1 Å². The Morgan fingerprint density at radius 1 is 1.04 bits per heavy atom. The lowest BCUT2D eigenvalue weighted by Crippen LogP contribution is -2.20. The monoisotopic (exact) mass is 470 g/mol. The number of halogens is 2. The number of carbonyl (C=O) groups excluding carboxylic acids is 2. The van der Waals surface area contributed by atoms with Crippen LogP contribution in [0.15, 0.2) is 45.3 Å². The first-order valence-corrected chi connectivity index (χ1v) is 8.81. The van der Waals surface area contributed by atoms with E-state index in [1.807, 2.05) is 19.1 Å². The average molecular weight is 472 g/mol. The molecule has 0 aliphatic rings. The van der Waals surface area contributed by atoms with E-state index >= 15 is 0 Å². The van der Waals surface area contributed by atoms with Gasteiger partial charge in [-0.2, -0.15) is 0 Å². The molecule has 0 spiro atoms. The van der Waals surface area contributed by atoms with E-state index in [1.165, 1.54) is 7.11 Å². The lowest BCUT2D eigenvalue weighted by molar-refractivity contribution is -0.118. The Kier molecular flexibility index (Phi) is 6.83. The van der Waals surface area contributed by atoms with Crippen molar-refractivity contribution in [3.05, 3.63) is 50.9 Å². The van der Waals surface area contributed by atoms with Crippen LogP contribution in [-0.4, -0.2) is 25.7 Å². The SMILES string of the molecule is COC(=O)Nc1ccc(OCC(=O)Nc2c(Br)cc(C)cc2Br)cc1. The van der Waals surface area contributed by atoms with Crippen molar-refractivity contribution >= 4 is 55.2 Å². The zero-order valence-electron chi connectivity index (χ0n) is 13.6. The van der Waals surface area contributed by atoms with Crippen LogP contribution in [0.5, 0.6) is 5.75 Å². The molecular weight excluding hydrogens is 456 g/mol. The molecule has 0 aromatic heterocycles. The maximum atomic E-state index is 12.1. The second-order valence-electron chi connectivity index (χ2n) is 5.08. The lowest BCUT2D eigenvalue weighted by atomic mass is 10.2. The summed E-state index contributed by atoms with van der Waals surface area (Å²) in [4.78, 5) is 23.2. The smallest absolute Gasteiger partial charge is 0.411 e. The van der Waals surface area contributed by atoms with Gasteiger partial charge in [-0.05, 0) is 80.7 Å². The Bertz CT molecular complexity index is 756. The van der Waals surface area contributed by atoms with Gasteiger partial charge in [0.15, 0.2) is 6.61 Å². The van der Waals surface area contributed by atoms with Gasteiger partial charge in [0, 0.05) is 14.6 Å². The van der Waals surface area contributed by atoms with Crippen LogP contribution in [0.25, 0.3) is 0 Å². The van der Waals surface area contributed by atoms with Crippen molar-refractivity contribution in [1.29, 1.82) is 0 Å². The summed E-state index contributed by atoms with van der Waals surface area (Å²) in [5.74, 6) is 0.217. The average Bonchev–Trinajstić information content (AvgIpc) is 2.57. The summed E-state index contributed by atoms with van der Waals surface area (Å²) >= 11 is 6.85. The van der Waals surface area contributed by atoms with E-state index in [9.17, 15) is 9.59 Å². The molecule has 0 heterocycles. The van der Waals surface area contributed by atoms with Crippen molar-refractivity contribution < 1.29 is 19.1 Å². The summed E-state index contributed by atoms with van der Waals surface area (Å²) in [6.45, 7) is 1.82. The maximum Gasteiger partial charge on any atom is 0.411 e. The molecule has 0 bridgehead atoms. The minimum Gasteiger partial charge on any atom is -0.484 e. The Morgan fingerprint density at radius 2 is 1.64 bits per heavy atom. The number of carbonyl (C=O) groups is 2. The van der Waals surface area contributed by atoms with Crippen LogP contribution in [0.1, 0.15) is 5.56 Å². The van der Waals surface area contributed by atoms with Gasteiger partial charge in [0.1, 0.15) is 5.75 Å². The predicted molar refractivity (Wildman–Crippen MR) is 103 cm³/mol. The van der Waals surface area contributed by atoms with Gasteiger partial charge < -0.3 is 14.8 Å². The normalized spacial score (nSPS) is 10.1. The third-order valence-corrected chi connectivity index (χ3v) is 4.36. The number of amides is 2. The fraction of sp³-hybridized carbons (Fsp3) is 0.176. The van der Waals surface area contributed by atoms with E-state index < -0.39 is 6.09 Å². The first kappa shape index (κ1) is 19.3. The largest absolute Gasteiger partial charge is 0.484 e. The van der Waals surface area contributed by atoms with Gasteiger partial charge in [-0.15, -0.1) is 0 Å². The molecule has 132 valence electrons. The molecule has 2 amide bonds. The fourth-order valence-corrected chi connectivity index (χ4v) is 3.56. The van der Waals surface area contributed by atoms with Gasteiger partial charge in [0.05, 0.1) is 12.8 Å². The highest BCUT2D eigenvalue weighted by molar-refractivity contribution is 9.11. The second kappa shape index (κ2) is 8.87. The summed E-state index contributed by atoms with van der Waals surface area (Å²) in [6.07, 6.45) is -0.553. The molecule has 0 saturated carbocycles. The molecule has 0 unspecified atom stereocenters. The fourth-order valence-electron chi connectivity index (χ4n) is 1.95. The molecule has 25 heavy (non-hydrogen) atoms. The summed E-state index contributed by atoms with van der Waals surface area (Å²) in [7, 11) is 1.29. The van der Waals surface area contributed by atoms with Crippen LogP contribution >= 0.6 is 31.9 Å². The Labute approximate surface area is 162 Å². The number of methoxy groups -OCH3 is 1. The third-order valence-electron chi connectivity index (χ3n) is 3.11. The van der Waals surface area contributed by atoms with Gasteiger partial charge in [0.25, 0.3) is 5.91 Å². The van der Waals surface area contributed by atoms with E-state index in [0.717, 1.165) is 14.5 Å². The Morgan fingerprint density at radius 3 is 2.20 bits per heavy atom. The lowest BCUT2D eigenvalue weighted by Gasteiger charge is -2.12. The Balaban J connectivity index is 1.91. The standard InChI is InChI=1S/C17H16Br2N2O4/c1-10-7-13(18)16(14(19)8-10)21-15(22)9-25-12-5-3-11(4-6-12)20-17(23)24-2/h3-8H,9H2,1-2H3,(H,20,23)(H,21,22). The van der Waals surface area contributed by atoms with Gasteiger partial charge in [0.2, 0.25) is 0 Å². The Hall–Kier alpha value is -2.06. The molecule has 0 aliphatic carbocycles. The van der Waals surface area contributed by atoms with E-state index in [1.54, 1.807) is 24.3 Å². The minimum atomic E-state index is -0.553. The van der Waals surface area contributed by atoms with Gasteiger partial charge >= 0.3 is 6.09 Å². The van der Waals surface area contributed by atoms with Crippen LogP contribution in [-0.2, 0) is 9.53 Å². The first-order valence-electron chi connectivity index (χ1n) is 7.22. The summed E-state index contributed by atoms with van der Waals surface area (Å²) in [5, 5.41) is 5.32. The third kappa shape index (κ3) is 5.75. The van der Waals surface area contributed by atoms with Gasteiger partial charge in [-0.25, -0.2) is 4.79 Å². The topological polar surface area (TPSA) is 76.7 Å². The zero-order valence-corrected chi connectivity index (χ0v) is 16.7. The number of ether oxygens (including phenoxy) is 2. The summed E-state index contributed by atoms with van der Waals surface area (Å²) < 4.78 is 11.5. The van der Waals surface area contributed by atoms with E-state index in [2.05, 4.69) is 47.2 Å². The highest BCUT2D eigenvalue weighted by Gasteiger charge is 2.11. The first-order chi connectivity index (χ1) is 11.9. The molecule has 2 N–H and O–H groups in total. The van der Waals surface area contributed by atoms with E-state index in [-0.39, 0.29) is 12.5 Å². The molecule has 6 nitrogen and oxygen atoms in total. The van der Waals surface area contributed by atoms with E-state index in [0.29, 0.717) is 17.1 Å². The number of aryl methyl sites for hydroxylation is 1. The van der Waals surface area contributed by atoms with Crippen LogP contribution < -0.4 is 15.4 Å². The number of benzene rings is 2. The molecule has 2 aromatic carbocycles. The summed E-state index contributed by atoms with van der Waals surface area (Å²) in [6, 6.07) is 10.4. The number of anilines is 2. The van der Waals surface area contributed by atoms with Crippen LogP contribution in [0, 0.1) is 6.92 Å². The highest BCUT2D eigenvalue weighted by atomic mass is 79.9. The zero-order chi connectivity index (χ0) is 18.4. The van der Waals surface area contributed by atoms with Crippen molar-refractivity contribution in [2.24, 2.45) is 0 Å². The number of rotatable bonds is 5. The summed E-state index contributed by atoms with van der Waals surface area (Å²) in [5.41, 5.74) is 2.28. The minimum absolute atomic E-state index is 0.142. The van der Waals surface area contributed by atoms with Crippen molar-refractivity contribution in [2.45, 2.75) is 6.92 Å². The molecule has 2 aromatic rings. The molecule has 0 aliphatic heterocycles. The number of hydrogen-bond acceptors (Lipinski definition) is 4. The van der Waals surface area contributed by atoms with Crippen molar-refractivity contribution in [3.63, 3.8) is 0 Å². The maximum absolute atomic E-state index is 12.1. The van der Waals surface area contributed by atoms with Crippen LogP contribution in [0.3, 0.4) is 0 Å². The molecule has 2 rings (SSSR count). The molecule has 0 radical (unpaired) electrons. The molecule has 0 saturated heterocycles. The van der Waals surface area contributed by atoms with E-state index in [4.69, 9.17) is 4.74 Å². The predicted octanol–water partition coefficient (Wildman–Crippen LogP) is 4.72. The highest BCUT2D eigenvalue weighted by Crippen LogP contribution is 2.32. The second-order valence-corrected chi connectivity index (χ2v) is 6.79. The van der Waals surface area contributed by atoms with Crippen LogP contribution in [0.4, 0.5) is 16.2 Å². The van der Waals surface area contributed by atoms with Crippen LogP contribution in [0.2, 0.25) is 0 Å². The quantitative estimate of drug-likeness (QED) is 0.661. The number of hydrogen-bond donors (Lipinski definition) is 2. The molecule has 8 heteroatoms.